The summed E-state index contributed by atoms with van der Waals surface area (Å²) in [6, 6.07) is 14.8. The minimum absolute atomic E-state index is 0.267. The maximum atomic E-state index is 10.9. The Morgan fingerprint density at radius 2 is 1.96 bits per heavy atom. The van der Waals surface area contributed by atoms with Crippen molar-refractivity contribution in [3.05, 3.63) is 54.1 Å². The highest BCUT2D eigenvalue weighted by molar-refractivity contribution is 7.18. The molecule has 1 amide bonds. The SMILES string of the molecule is Cc1ccc(NC(=O)O)cc1-c1noc(-c2sc(-c3ccccc3)nc2N)n1. The van der Waals surface area contributed by atoms with E-state index in [0.29, 0.717) is 27.8 Å². The van der Waals surface area contributed by atoms with Gasteiger partial charge in [-0.25, -0.2) is 9.78 Å². The van der Waals surface area contributed by atoms with E-state index >= 15 is 0 Å². The smallest absolute Gasteiger partial charge is 0.409 e. The molecule has 4 rings (SSSR count). The average Bonchev–Trinajstić information content (AvgIpc) is 3.30. The molecule has 0 saturated carbocycles. The number of nitrogen functional groups attached to an aromatic ring is 1. The number of anilines is 2. The summed E-state index contributed by atoms with van der Waals surface area (Å²) in [5.41, 5.74) is 8.98. The Bertz CT molecular complexity index is 1150. The lowest BCUT2D eigenvalue weighted by Crippen LogP contribution is -2.07. The van der Waals surface area contributed by atoms with Gasteiger partial charge in [0.05, 0.1) is 0 Å². The maximum Gasteiger partial charge on any atom is 0.409 e. The summed E-state index contributed by atoms with van der Waals surface area (Å²) in [5, 5.41) is 16.0. The van der Waals surface area contributed by atoms with Crippen molar-refractivity contribution in [3.63, 3.8) is 0 Å². The van der Waals surface area contributed by atoms with E-state index < -0.39 is 6.09 Å². The summed E-state index contributed by atoms with van der Waals surface area (Å²) in [7, 11) is 0. The minimum Gasteiger partial charge on any atom is -0.465 e. The number of carboxylic acid groups (broad SMARTS) is 1. The van der Waals surface area contributed by atoms with Gasteiger partial charge in [-0.2, -0.15) is 4.98 Å². The van der Waals surface area contributed by atoms with Gasteiger partial charge in [0.15, 0.2) is 0 Å². The molecule has 4 aromatic rings. The molecule has 9 heteroatoms. The van der Waals surface area contributed by atoms with Crippen molar-refractivity contribution in [2.45, 2.75) is 6.92 Å². The molecule has 0 radical (unpaired) electrons. The summed E-state index contributed by atoms with van der Waals surface area (Å²) in [4.78, 5) is 20.3. The predicted octanol–water partition coefficient (Wildman–Crippen LogP) is 4.51. The van der Waals surface area contributed by atoms with Crippen LogP contribution in [0.25, 0.3) is 32.7 Å². The van der Waals surface area contributed by atoms with Crippen LogP contribution in [0.15, 0.2) is 53.1 Å². The number of aryl methyl sites for hydroxylation is 1. The van der Waals surface area contributed by atoms with Gasteiger partial charge in [0, 0.05) is 16.8 Å². The first kappa shape index (κ1) is 17.7. The number of nitrogens with zero attached hydrogens (tertiary/aromatic N) is 3. The molecule has 8 nitrogen and oxygen atoms in total. The number of rotatable bonds is 4. The number of hydrogen-bond donors (Lipinski definition) is 3. The normalized spacial score (nSPS) is 10.8. The molecule has 0 saturated heterocycles. The van der Waals surface area contributed by atoms with Crippen molar-refractivity contribution in [1.29, 1.82) is 0 Å². The van der Waals surface area contributed by atoms with Crippen LogP contribution in [0, 0.1) is 6.92 Å². The number of thiazole rings is 1. The summed E-state index contributed by atoms with van der Waals surface area (Å²) in [6.45, 7) is 1.88. The summed E-state index contributed by atoms with van der Waals surface area (Å²) >= 11 is 1.37. The lowest BCUT2D eigenvalue weighted by Gasteiger charge is -2.05. The van der Waals surface area contributed by atoms with E-state index in [0.717, 1.165) is 16.1 Å². The van der Waals surface area contributed by atoms with Crippen LogP contribution in [-0.4, -0.2) is 26.3 Å². The lowest BCUT2D eigenvalue weighted by atomic mass is 10.1. The number of carbonyl (C=O) groups is 1. The predicted molar refractivity (Wildman–Crippen MR) is 107 cm³/mol. The largest absolute Gasteiger partial charge is 0.465 e. The second-order valence-corrected chi connectivity index (χ2v) is 6.98. The molecule has 28 heavy (non-hydrogen) atoms. The van der Waals surface area contributed by atoms with Gasteiger partial charge in [0.2, 0.25) is 5.82 Å². The Balaban J connectivity index is 1.69. The first-order valence-corrected chi connectivity index (χ1v) is 9.09. The molecule has 0 atom stereocenters. The molecule has 140 valence electrons. The molecule has 2 heterocycles. The second kappa shape index (κ2) is 7.12. The molecule has 2 aromatic heterocycles. The fraction of sp³-hybridized carbons (Fsp3) is 0.0526. The van der Waals surface area contributed by atoms with Crippen molar-refractivity contribution in [2.24, 2.45) is 0 Å². The molecule has 0 aliphatic heterocycles. The van der Waals surface area contributed by atoms with E-state index in [1.165, 1.54) is 11.3 Å². The van der Waals surface area contributed by atoms with Crippen molar-refractivity contribution in [1.82, 2.24) is 15.1 Å². The van der Waals surface area contributed by atoms with Crippen LogP contribution in [0.5, 0.6) is 0 Å². The van der Waals surface area contributed by atoms with Gasteiger partial charge in [-0.05, 0) is 24.6 Å². The first-order chi connectivity index (χ1) is 13.5. The molecule has 0 fully saturated rings. The van der Waals surface area contributed by atoms with Crippen LogP contribution in [-0.2, 0) is 0 Å². The standard InChI is InChI=1S/C19H15N5O3S/c1-10-7-8-12(21-19(25)26)9-13(10)16-23-17(27-24-16)14-15(20)22-18(28-14)11-5-3-2-4-6-11/h2-9,21H,20H2,1H3,(H,25,26). The fourth-order valence-corrected chi connectivity index (χ4v) is 3.59. The molecular formula is C19H15N5O3S. The topological polar surface area (TPSA) is 127 Å². The van der Waals surface area contributed by atoms with Gasteiger partial charge in [-0.15, -0.1) is 11.3 Å². The number of hydrogen-bond acceptors (Lipinski definition) is 7. The molecule has 0 aliphatic carbocycles. The summed E-state index contributed by atoms with van der Waals surface area (Å²) in [5.74, 6) is 0.927. The fourth-order valence-electron chi connectivity index (χ4n) is 2.68. The van der Waals surface area contributed by atoms with Crippen molar-refractivity contribution in [2.75, 3.05) is 11.1 Å². The van der Waals surface area contributed by atoms with Gasteiger partial charge in [-0.3, -0.25) is 5.32 Å². The molecule has 0 spiro atoms. The van der Waals surface area contributed by atoms with Crippen LogP contribution in [0.3, 0.4) is 0 Å². The number of amides is 1. The zero-order chi connectivity index (χ0) is 19.7. The highest BCUT2D eigenvalue weighted by Crippen LogP contribution is 2.37. The van der Waals surface area contributed by atoms with Gasteiger partial charge < -0.3 is 15.4 Å². The molecule has 0 bridgehead atoms. The minimum atomic E-state index is -1.14. The Morgan fingerprint density at radius 3 is 2.71 bits per heavy atom. The van der Waals surface area contributed by atoms with Crippen LogP contribution in [0.1, 0.15) is 5.56 Å². The van der Waals surface area contributed by atoms with E-state index in [1.807, 2.05) is 37.3 Å². The number of nitrogens with two attached hydrogens (primary N) is 1. The van der Waals surface area contributed by atoms with Gasteiger partial charge in [-0.1, -0.05) is 41.6 Å². The zero-order valence-electron chi connectivity index (χ0n) is 14.7. The number of aromatic nitrogens is 3. The monoisotopic (exact) mass is 393 g/mol. The third-order valence-electron chi connectivity index (χ3n) is 4.02. The third kappa shape index (κ3) is 3.42. The Labute approximate surface area is 163 Å². The molecule has 0 aliphatic rings. The average molecular weight is 393 g/mol. The van der Waals surface area contributed by atoms with E-state index in [-0.39, 0.29) is 5.89 Å². The van der Waals surface area contributed by atoms with E-state index in [9.17, 15) is 4.79 Å². The van der Waals surface area contributed by atoms with Crippen LogP contribution in [0.4, 0.5) is 16.3 Å². The summed E-state index contributed by atoms with van der Waals surface area (Å²) in [6.07, 6.45) is -1.14. The molecule has 2 aromatic carbocycles. The molecule has 0 unspecified atom stereocenters. The van der Waals surface area contributed by atoms with Crippen molar-refractivity contribution >= 4 is 28.9 Å². The number of benzene rings is 2. The highest BCUT2D eigenvalue weighted by atomic mass is 32.1. The third-order valence-corrected chi connectivity index (χ3v) is 5.13. The summed E-state index contributed by atoms with van der Waals surface area (Å²) < 4.78 is 5.40. The van der Waals surface area contributed by atoms with Crippen molar-refractivity contribution < 1.29 is 14.4 Å². The maximum absolute atomic E-state index is 10.9. The lowest BCUT2D eigenvalue weighted by molar-refractivity contribution is 0.210. The van der Waals surface area contributed by atoms with E-state index in [4.69, 9.17) is 15.4 Å². The quantitative estimate of drug-likeness (QED) is 0.465. The van der Waals surface area contributed by atoms with Crippen LogP contribution >= 0.6 is 11.3 Å². The number of nitrogens with one attached hydrogen (secondary N) is 1. The van der Waals surface area contributed by atoms with Gasteiger partial charge in [0.1, 0.15) is 15.7 Å². The molecular weight excluding hydrogens is 378 g/mol. The first-order valence-electron chi connectivity index (χ1n) is 8.28. The highest BCUT2D eigenvalue weighted by Gasteiger charge is 2.19. The Morgan fingerprint density at radius 1 is 1.18 bits per heavy atom. The molecule has 4 N–H and O–H groups in total. The Hall–Kier alpha value is -3.72. The van der Waals surface area contributed by atoms with Crippen LogP contribution < -0.4 is 11.1 Å². The van der Waals surface area contributed by atoms with Crippen molar-refractivity contribution in [3.8, 4) is 32.7 Å². The van der Waals surface area contributed by atoms with E-state index in [1.54, 1.807) is 18.2 Å². The Kier molecular flexibility index (Phi) is 4.50. The van der Waals surface area contributed by atoms with Crippen LogP contribution in [0.2, 0.25) is 0 Å². The van der Waals surface area contributed by atoms with Gasteiger partial charge >= 0.3 is 6.09 Å². The van der Waals surface area contributed by atoms with Gasteiger partial charge in [0.25, 0.3) is 5.89 Å². The van der Waals surface area contributed by atoms with E-state index in [2.05, 4.69) is 20.4 Å². The second-order valence-electron chi connectivity index (χ2n) is 5.98. The zero-order valence-corrected chi connectivity index (χ0v) is 15.5.